The van der Waals surface area contributed by atoms with Gasteiger partial charge in [0.05, 0.1) is 6.07 Å². The third kappa shape index (κ3) is 4.90. The van der Waals surface area contributed by atoms with Crippen LogP contribution in [-0.2, 0) is 0 Å². The van der Waals surface area contributed by atoms with Crippen LogP contribution in [0.3, 0.4) is 0 Å². The number of nitrogens with zero attached hydrogens (tertiary/aromatic N) is 2. The van der Waals surface area contributed by atoms with E-state index in [1.807, 2.05) is 0 Å². The Labute approximate surface area is 81.5 Å². The molecule has 1 rings (SSSR count). The molecule has 0 saturated heterocycles. The maximum Gasteiger partial charge on any atom is 0.0635 e. The van der Waals surface area contributed by atoms with E-state index in [0.717, 1.165) is 24.9 Å². The lowest BCUT2D eigenvalue weighted by molar-refractivity contribution is 0.240. The van der Waals surface area contributed by atoms with Crippen molar-refractivity contribution in [2.45, 2.75) is 33.1 Å². The predicted molar refractivity (Wildman–Crippen MR) is 54.2 cm³/mol. The average molecular weight is 180 g/mol. The van der Waals surface area contributed by atoms with Gasteiger partial charge in [-0.05, 0) is 24.7 Å². The highest BCUT2D eigenvalue weighted by Gasteiger charge is 2.24. The van der Waals surface area contributed by atoms with Gasteiger partial charge in [0.25, 0.3) is 0 Å². The Morgan fingerprint density at radius 3 is 2.62 bits per heavy atom. The number of nitriles is 1. The standard InChI is InChI=1S/C11H20N2/c1-10(2)8-13(7-3-6-12)9-11-4-5-11/h10-11H,3-5,7-9H2,1-2H3. The predicted octanol–water partition coefficient (Wildman–Crippen LogP) is 2.27. The van der Waals surface area contributed by atoms with Crippen LogP contribution in [0.2, 0.25) is 0 Å². The summed E-state index contributed by atoms with van der Waals surface area (Å²) in [5.74, 6) is 1.66. The van der Waals surface area contributed by atoms with Crippen molar-refractivity contribution in [3.8, 4) is 6.07 Å². The molecule has 0 amide bonds. The highest BCUT2D eigenvalue weighted by Crippen LogP contribution is 2.29. The maximum absolute atomic E-state index is 8.52. The maximum atomic E-state index is 8.52. The van der Waals surface area contributed by atoms with E-state index in [-0.39, 0.29) is 0 Å². The molecule has 2 heteroatoms. The van der Waals surface area contributed by atoms with Crippen LogP contribution in [0.1, 0.15) is 33.1 Å². The van der Waals surface area contributed by atoms with Crippen LogP contribution in [0.15, 0.2) is 0 Å². The first kappa shape index (κ1) is 10.5. The van der Waals surface area contributed by atoms with E-state index in [1.54, 1.807) is 0 Å². The topological polar surface area (TPSA) is 27.0 Å². The van der Waals surface area contributed by atoms with E-state index in [0.29, 0.717) is 6.42 Å². The zero-order valence-electron chi connectivity index (χ0n) is 8.79. The summed E-state index contributed by atoms with van der Waals surface area (Å²) in [6, 6.07) is 2.22. The summed E-state index contributed by atoms with van der Waals surface area (Å²) < 4.78 is 0. The monoisotopic (exact) mass is 180 g/mol. The zero-order valence-corrected chi connectivity index (χ0v) is 8.79. The van der Waals surface area contributed by atoms with Gasteiger partial charge in [0, 0.05) is 26.1 Å². The molecule has 1 aliphatic rings. The molecule has 0 bridgehead atoms. The quantitative estimate of drug-likeness (QED) is 0.627. The number of rotatable bonds is 6. The molecule has 2 nitrogen and oxygen atoms in total. The SMILES string of the molecule is CC(C)CN(CCC#N)CC1CC1. The van der Waals surface area contributed by atoms with E-state index in [1.165, 1.54) is 19.4 Å². The molecule has 13 heavy (non-hydrogen) atoms. The zero-order chi connectivity index (χ0) is 9.68. The molecule has 0 unspecified atom stereocenters. The Morgan fingerprint density at radius 1 is 1.46 bits per heavy atom. The van der Waals surface area contributed by atoms with Crippen LogP contribution in [0.25, 0.3) is 0 Å². The minimum atomic E-state index is 0.680. The van der Waals surface area contributed by atoms with Crippen LogP contribution in [0, 0.1) is 23.2 Å². The second-order valence-electron chi connectivity index (χ2n) is 4.50. The summed E-state index contributed by atoms with van der Waals surface area (Å²) in [6.45, 7) is 7.82. The van der Waals surface area contributed by atoms with Gasteiger partial charge in [-0.2, -0.15) is 5.26 Å². The molecule has 0 spiro atoms. The van der Waals surface area contributed by atoms with Gasteiger partial charge in [0.2, 0.25) is 0 Å². The van der Waals surface area contributed by atoms with Gasteiger partial charge >= 0.3 is 0 Å². The first-order valence-corrected chi connectivity index (χ1v) is 5.31. The van der Waals surface area contributed by atoms with Crippen molar-refractivity contribution >= 4 is 0 Å². The second-order valence-corrected chi connectivity index (χ2v) is 4.50. The summed E-state index contributed by atoms with van der Waals surface area (Å²) >= 11 is 0. The number of hydrogen-bond donors (Lipinski definition) is 0. The average Bonchev–Trinajstić information content (AvgIpc) is 2.83. The van der Waals surface area contributed by atoms with E-state index in [9.17, 15) is 0 Å². The van der Waals surface area contributed by atoms with Crippen LogP contribution < -0.4 is 0 Å². The third-order valence-corrected chi connectivity index (χ3v) is 2.38. The van der Waals surface area contributed by atoms with Crippen molar-refractivity contribution in [2.24, 2.45) is 11.8 Å². The van der Waals surface area contributed by atoms with Crippen molar-refractivity contribution in [3.63, 3.8) is 0 Å². The lowest BCUT2D eigenvalue weighted by Gasteiger charge is -2.22. The van der Waals surface area contributed by atoms with Gasteiger partial charge < -0.3 is 4.90 Å². The highest BCUT2D eigenvalue weighted by molar-refractivity contribution is 4.80. The van der Waals surface area contributed by atoms with Gasteiger partial charge in [-0.15, -0.1) is 0 Å². The summed E-state index contributed by atoms with van der Waals surface area (Å²) in [5.41, 5.74) is 0. The largest absolute Gasteiger partial charge is 0.302 e. The van der Waals surface area contributed by atoms with E-state index < -0.39 is 0 Å². The minimum absolute atomic E-state index is 0.680. The minimum Gasteiger partial charge on any atom is -0.302 e. The Kier molecular flexibility index (Phi) is 4.24. The van der Waals surface area contributed by atoms with Gasteiger partial charge in [-0.25, -0.2) is 0 Å². The summed E-state index contributed by atoms with van der Waals surface area (Å²) in [4.78, 5) is 2.45. The Hall–Kier alpha value is -0.550. The smallest absolute Gasteiger partial charge is 0.0635 e. The van der Waals surface area contributed by atoms with Crippen LogP contribution in [0.4, 0.5) is 0 Å². The molecule has 0 radical (unpaired) electrons. The molecule has 0 heterocycles. The van der Waals surface area contributed by atoms with Crippen molar-refractivity contribution < 1.29 is 0 Å². The summed E-state index contributed by atoms with van der Waals surface area (Å²) in [6.07, 6.45) is 3.49. The molecule has 0 aromatic heterocycles. The van der Waals surface area contributed by atoms with Crippen molar-refractivity contribution in [3.05, 3.63) is 0 Å². The second kappa shape index (κ2) is 5.24. The van der Waals surface area contributed by atoms with Crippen molar-refractivity contribution in [1.29, 1.82) is 5.26 Å². The van der Waals surface area contributed by atoms with E-state index >= 15 is 0 Å². The molecule has 0 aromatic rings. The molecule has 0 aliphatic heterocycles. The fourth-order valence-electron chi connectivity index (χ4n) is 1.65. The molecular weight excluding hydrogens is 160 g/mol. The van der Waals surface area contributed by atoms with Gasteiger partial charge in [0.15, 0.2) is 0 Å². The first-order chi connectivity index (χ1) is 6.22. The first-order valence-electron chi connectivity index (χ1n) is 5.31. The molecular formula is C11H20N2. The van der Waals surface area contributed by atoms with Gasteiger partial charge in [-0.3, -0.25) is 0 Å². The molecule has 0 N–H and O–H groups in total. The Bertz CT molecular complexity index is 173. The van der Waals surface area contributed by atoms with Gasteiger partial charge in [-0.1, -0.05) is 13.8 Å². The molecule has 74 valence electrons. The van der Waals surface area contributed by atoms with E-state index in [2.05, 4.69) is 24.8 Å². The van der Waals surface area contributed by atoms with Crippen molar-refractivity contribution in [1.82, 2.24) is 4.90 Å². The van der Waals surface area contributed by atoms with Crippen LogP contribution in [0.5, 0.6) is 0 Å². The fraction of sp³-hybridized carbons (Fsp3) is 0.909. The van der Waals surface area contributed by atoms with Crippen LogP contribution >= 0.6 is 0 Å². The number of hydrogen-bond acceptors (Lipinski definition) is 2. The molecule has 1 saturated carbocycles. The van der Waals surface area contributed by atoms with Crippen LogP contribution in [-0.4, -0.2) is 24.5 Å². The normalized spacial score (nSPS) is 16.5. The molecule has 1 fully saturated rings. The van der Waals surface area contributed by atoms with E-state index in [4.69, 9.17) is 5.26 Å². The fourth-order valence-corrected chi connectivity index (χ4v) is 1.65. The Morgan fingerprint density at radius 2 is 2.15 bits per heavy atom. The highest BCUT2D eigenvalue weighted by atomic mass is 15.1. The van der Waals surface area contributed by atoms with Gasteiger partial charge in [0.1, 0.15) is 0 Å². The molecule has 1 aliphatic carbocycles. The summed E-state index contributed by atoms with van der Waals surface area (Å²) in [5, 5.41) is 8.52. The van der Waals surface area contributed by atoms with Crippen molar-refractivity contribution in [2.75, 3.05) is 19.6 Å². The lowest BCUT2D eigenvalue weighted by Crippen LogP contribution is -2.30. The molecule has 0 aromatic carbocycles. The Balaban J connectivity index is 2.20. The third-order valence-electron chi connectivity index (χ3n) is 2.38. The summed E-state index contributed by atoms with van der Waals surface area (Å²) in [7, 11) is 0. The molecule has 0 atom stereocenters. The lowest BCUT2D eigenvalue weighted by atomic mass is 10.2.